The van der Waals surface area contributed by atoms with E-state index in [0.29, 0.717) is 18.1 Å². The van der Waals surface area contributed by atoms with Crippen LogP contribution in [0, 0.1) is 6.92 Å². The Hall–Kier alpha value is -2.17. The van der Waals surface area contributed by atoms with Gasteiger partial charge in [-0.25, -0.2) is 4.98 Å². The van der Waals surface area contributed by atoms with E-state index < -0.39 is 0 Å². The summed E-state index contributed by atoms with van der Waals surface area (Å²) in [4.78, 5) is 7.56. The summed E-state index contributed by atoms with van der Waals surface area (Å²) >= 11 is 0. The van der Waals surface area contributed by atoms with Crippen molar-refractivity contribution >= 4 is 11.0 Å². The molecule has 2 saturated heterocycles. The summed E-state index contributed by atoms with van der Waals surface area (Å²) in [7, 11) is 0. The first-order valence-electron chi connectivity index (χ1n) is 10.7. The molecule has 4 nitrogen and oxygen atoms in total. The Morgan fingerprint density at radius 3 is 2.39 bits per heavy atom. The lowest BCUT2D eigenvalue weighted by Crippen LogP contribution is -2.44. The monoisotopic (exact) mass is 374 g/mol. The van der Waals surface area contributed by atoms with Gasteiger partial charge in [0.05, 0.1) is 11.0 Å². The first kappa shape index (κ1) is 17.9. The van der Waals surface area contributed by atoms with Crippen LogP contribution in [-0.2, 0) is 0 Å². The maximum Gasteiger partial charge on any atom is 0.106 e. The molecule has 0 spiro atoms. The zero-order valence-electron chi connectivity index (χ0n) is 16.7. The van der Waals surface area contributed by atoms with E-state index in [4.69, 9.17) is 10.7 Å². The highest BCUT2D eigenvalue weighted by Crippen LogP contribution is 2.42. The second-order valence-corrected chi connectivity index (χ2v) is 8.57. The third-order valence-corrected chi connectivity index (χ3v) is 6.92. The van der Waals surface area contributed by atoms with Gasteiger partial charge in [-0.2, -0.15) is 0 Å². The van der Waals surface area contributed by atoms with Crippen molar-refractivity contribution in [1.29, 1.82) is 0 Å². The number of fused-ring (bicyclic) bond motifs is 3. The average molecular weight is 375 g/mol. The highest BCUT2D eigenvalue weighted by molar-refractivity contribution is 5.76. The highest BCUT2D eigenvalue weighted by atomic mass is 15.2. The van der Waals surface area contributed by atoms with Gasteiger partial charge in [0.25, 0.3) is 0 Å². The predicted molar refractivity (Wildman–Crippen MR) is 114 cm³/mol. The third kappa shape index (κ3) is 3.15. The molecule has 3 aromatic rings. The molecular formula is C24H30N4. The predicted octanol–water partition coefficient (Wildman–Crippen LogP) is 4.60. The summed E-state index contributed by atoms with van der Waals surface area (Å²) in [5, 5.41) is 0. The molecule has 2 unspecified atom stereocenters. The van der Waals surface area contributed by atoms with Gasteiger partial charge in [0.15, 0.2) is 0 Å². The Kier molecular flexibility index (Phi) is 4.69. The number of nitrogens with zero attached hydrogens (tertiary/aromatic N) is 3. The minimum Gasteiger partial charge on any atom is -0.325 e. The molecule has 3 heterocycles. The lowest BCUT2D eigenvalue weighted by atomic mass is 9.95. The average Bonchev–Trinajstić information content (AvgIpc) is 3.18. The summed E-state index contributed by atoms with van der Waals surface area (Å²) in [6, 6.07) is 21.2. The van der Waals surface area contributed by atoms with Crippen molar-refractivity contribution in [3.05, 3.63) is 66.0 Å². The maximum atomic E-state index is 6.47. The van der Waals surface area contributed by atoms with Gasteiger partial charge in [-0.15, -0.1) is 0 Å². The van der Waals surface area contributed by atoms with E-state index in [-0.39, 0.29) is 6.04 Å². The van der Waals surface area contributed by atoms with Gasteiger partial charge in [-0.3, -0.25) is 4.90 Å². The largest absolute Gasteiger partial charge is 0.325 e. The Labute approximate surface area is 167 Å². The van der Waals surface area contributed by atoms with E-state index in [1.165, 1.54) is 36.8 Å². The third-order valence-electron chi connectivity index (χ3n) is 6.92. The van der Waals surface area contributed by atoms with Crippen molar-refractivity contribution in [3.63, 3.8) is 0 Å². The summed E-state index contributed by atoms with van der Waals surface area (Å²) in [6.45, 7) is 3.27. The van der Waals surface area contributed by atoms with Crippen molar-refractivity contribution < 1.29 is 0 Å². The van der Waals surface area contributed by atoms with Crippen LogP contribution in [0.3, 0.4) is 0 Å². The van der Waals surface area contributed by atoms with Crippen LogP contribution in [-0.4, -0.2) is 33.1 Å². The van der Waals surface area contributed by atoms with Crippen LogP contribution in [0.25, 0.3) is 11.0 Å². The SMILES string of the molecule is Cc1nc2ccccc2n1C1CC2CCC(C1)N2CC[C@H](N)c1ccccc1. The molecule has 2 aromatic carbocycles. The summed E-state index contributed by atoms with van der Waals surface area (Å²) in [5.41, 5.74) is 10.1. The van der Waals surface area contributed by atoms with E-state index in [0.717, 1.165) is 24.3 Å². The topological polar surface area (TPSA) is 47.1 Å². The highest BCUT2D eigenvalue weighted by Gasteiger charge is 2.41. The maximum absolute atomic E-state index is 6.47. The summed E-state index contributed by atoms with van der Waals surface area (Å²) in [5.74, 6) is 1.16. The number of hydrogen-bond donors (Lipinski definition) is 1. The van der Waals surface area contributed by atoms with Gasteiger partial charge in [0, 0.05) is 30.7 Å². The van der Waals surface area contributed by atoms with Crippen LogP contribution in [0.4, 0.5) is 0 Å². The first-order chi connectivity index (χ1) is 13.7. The van der Waals surface area contributed by atoms with Crippen molar-refractivity contribution in [3.8, 4) is 0 Å². The molecule has 0 radical (unpaired) electrons. The van der Waals surface area contributed by atoms with E-state index in [9.17, 15) is 0 Å². The van der Waals surface area contributed by atoms with Crippen molar-refractivity contribution in [1.82, 2.24) is 14.5 Å². The molecule has 3 atom stereocenters. The molecule has 2 bridgehead atoms. The zero-order valence-corrected chi connectivity index (χ0v) is 16.7. The normalized spacial score (nSPS) is 26.0. The number of imidazole rings is 1. The Bertz CT molecular complexity index is 934. The van der Waals surface area contributed by atoms with Crippen LogP contribution >= 0.6 is 0 Å². The number of benzene rings is 2. The van der Waals surface area contributed by atoms with Gasteiger partial charge in [0.2, 0.25) is 0 Å². The van der Waals surface area contributed by atoms with Crippen LogP contribution in [0.15, 0.2) is 54.6 Å². The van der Waals surface area contributed by atoms with Gasteiger partial charge >= 0.3 is 0 Å². The lowest BCUT2D eigenvalue weighted by Gasteiger charge is -2.40. The molecule has 2 fully saturated rings. The van der Waals surface area contributed by atoms with Crippen LogP contribution in [0.5, 0.6) is 0 Å². The molecule has 1 aromatic heterocycles. The summed E-state index contributed by atoms with van der Waals surface area (Å²) in [6.07, 6.45) is 6.16. The molecule has 2 aliphatic heterocycles. The van der Waals surface area contributed by atoms with Crippen molar-refractivity contribution in [2.45, 2.75) is 63.2 Å². The van der Waals surface area contributed by atoms with Gasteiger partial charge in [0.1, 0.15) is 5.82 Å². The summed E-state index contributed by atoms with van der Waals surface area (Å²) < 4.78 is 2.51. The molecule has 0 saturated carbocycles. The van der Waals surface area contributed by atoms with E-state index in [1.54, 1.807) is 0 Å². The number of aromatic nitrogens is 2. The fraction of sp³-hybridized carbons (Fsp3) is 0.458. The smallest absolute Gasteiger partial charge is 0.106 e. The van der Waals surface area contributed by atoms with Crippen LogP contribution in [0.1, 0.15) is 55.6 Å². The van der Waals surface area contributed by atoms with Crippen molar-refractivity contribution in [2.24, 2.45) is 5.73 Å². The molecule has 4 heteroatoms. The number of hydrogen-bond acceptors (Lipinski definition) is 3. The molecule has 146 valence electrons. The van der Waals surface area contributed by atoms with E-state index in [1.807, 2.05) is 0 Å². The zero-order chi connectivity index (χ0) is 19.1. The minimum atomic E-state index is 0.137. The molecular weight excluding hydrogens is 344 g/mol. The number of rotatable bonds is 5. The number of aryl methyl sites for hydroxylation is 1. The lowest BCUT2D eigenvalue weighted by molar-refractivity contribution is 0.104. The van der Waals surface area contributed by atoms with Crippen LogP contribution < -0.4 is 5.73 Å². The fourth-order valence-corrected chi connectivity index (χ4v) is 5.60. The quantitative estimate of drug-likeness (QED) is 0.710. The molecule has 28 heavy (non-hydrogen) atoms. The Morgan fingerprint density at radius 2 is 1.64 bits per heavy atom. The first-order valence-corrected chi connectivity index (χ1v) is 10.7. The van der Waals surface area contributed by atoms with Crippen LogP contribution in [0.2, 0.25) is 0 Å². The molecule has 0 amide bonds. The minimum absolute atomic E-state index is 0.137. The number of piperidine rings is 1. The Morgan fingerprint density at radius 1 is 0.964 bits per heavy atom. The Balaban J connectivity index is 1.29. The number of nitrogens with two attached hydrogens (primary N) is 1. The van der Waals surface area contributed by atoms with Gasteiger partial charge < -0.3 is 10.3 Å². The van der Waals surface area contributed by atoms with E-state index in [2.05, 4.69) is 71.0 Å². The fourth-order valence-electron chi connectivity index (χ4n) is 5.60. The molecule has 0 aliphatic carbocycles. The van der Waals surface area contributed by atoms with E-state index >= 15 is 0 Å². The molecule has 2 N–H and O–H groups in total. The molecule has 5 rings (SSSR count). The standard InChI is InChI=1S/C24H30N4/c1-17-26-23-9-5-6-10-24(23)28(17)21-15-19-11-12-20(16-21)27(19)14-13-22(25)18-7-3-2-4-8-18/h2-10,19-22H,11-16,25H2,1H3/t19?,20?,21?,22-/m0/s1. The van der Waals surface area contributed by atoms with Gasteiger partial charge in [-0.05, 0) is 56.7 Å². The molecule has 2 aliphatic rings. The second-order valence-electron chi connectivity index (χ2n) is 8.57. The van der Waals surface area contributed by atoms with Crippen molar-refractivity contribution in [2.75, 3.05) is 6.54 Å². The second kappa shape index (κ2) is 7.34. The van der Waals surface area contributed by atoms with Gasteiger partial charge in [-0.1, -0.05) is 42.5 Å². The number of para-hydroxylation sites is 2.